The number of hydrogen-bond donors (Lipinski definition) is 1. The second-order valence-electron chi connectivity index (χ2n) is 7.31. The number of nitrogens with zero attached hydrogens (tertiary/aromatic N) is 3. The Morgan fingerprint density at radius 3 is 2.72 bits per heavy atom. The quantitative estimate of drug-likeness (QED) is 0.629. The lowest BCUT2D eigenvalue weighted by atomic mass is 9.98. The topological polar surface area (TPSA) is 71.3 Å². The van der Waals surface area contributed by atoms with Gasteiger partial charge in [0.15, 0.2) is 5.82 Å². The number of halogens is 1. The number of carbonyl (C=O) groups excluding carboxylic acids is 1. The predicted octanol–water partition coefficient (Wildman–Crippen LogP) is 4.27. The molecule has 1 amide bonds. The third kappa shape index (κ3) is 4.37. The van der Waals surface area contributed by atoms with Crippen LogP contribution in [0.1, 0.15) is 47.5 Å². The number of nitrogens with one attached hydrogen (secondary N) is 1. The standard InChI is InChI=1S/C21H24N4O2S.ClH/c1-13-6-8-15(9-7-13)25-19(26)12-16(20(25)17-5-4-10-28-17)21-23-18(24-27-21)11-14(2)22-3;/h4-10,14,16,20,22H,11-12H2,1-3H3;1H. The van der Waals surface area contributed by atoms with E-state index in [0.29, 0.717) is 24.6 Å². The number of aromatic nitrogens is 2. The van der Waals surface area contributed by atoms with Gasteiger partial charge in [0.2, 0.25) is 11.8 Å². The Kier molecular flexibility index (Phi) is 6.72. The summed E-state index contributed by atoms with van der Waals surface area (Å²) in [4.78, 5) is 20.6. The molecule has 4 rings (SSSR count). The SMILES string of the molecule is CNC(C)Cc1noc(C2CC(=O)N(c3ccc(C)cc3)C2c2cccs2)n1.Cl. The van der Waals surface area contributed by atoms with Crippen LogP contribution < -0.4 is 10.2 Å². The van der Waals surface area contributed by atoms with Gasteiger partial charge in [0.25, 0.3) is 0 Å². The van der Waals surface area contributed by atoms with E-state index in [2.05, 4.69) is 28.4 Å². The largest absolute Gasteiger partial charge is 0.339 e. The second kappa shape index (κ2) is 9.07. The summed E-state index contributed by atoms with van der Waals surface area (Å²) in [5, 5.41) is 9.37. The van der Waals surface area contributed by atoms with E-state index in [1.54, 1.807) is 11.3 Å². The number of benzene rings is 1. The summed E-state index contributed by atoms with van der Waals surface area (Å²) < 4.78 is 5.61. The van der Waals surface area contributed by atoms with E-state index in [-0.39, 0.29) is 36.3 Å². The fraction of sp³-hybridized carbons (Fsp3) is 0.381. The first-order valence-electron chi connectivity index (χ1n) is 9.48. The number of carbonyl (C=O) groups is 1. The zero-order chi connectivity index (χ0) is 19.7. The summed E-state index contributed by atoms with van der Waals surface area (Å²) >= 11 is 1.65. The van der Waals surface area contributed by atoms with Gasteiger partial charge in [-0.2, -0.15) is 4.98 Å². The summed E-state index contributed by atoms with van der Waals surface area (Å²) in [6, 6.07) is 12.3. The Morgan fingerprint density at radius 2 is 2.07 bits per heavy atom. The van der Waals surface area contributed by atoms with Crippen molar-refractivity contribution in [1.82, 2.24) is 15.5 Å². The molecule has 1 N–H and O–H groups in total. The van der Waals surface area contributed by atoms with E-state index >= 15 is 0 Å². The van der Waals surface area contributed by atoms with E-state index in [0.717, 1.165) is 10.6 Å². The maximum absolute atomic E-state index is 13.0. The van der Waals surface area contributed by atoms with Crippen LogP contribution in [0, 0.1) is 6.92 Å². The molecule has 3 aromatic rings. The van der Waals surface area contributed by atoms with Crippen LogP contribution in [0.4, 0.5) is 5.69 Å². The maximum Gasteiger partial charge on any atom is 0.232 e. The van der Waals surface area contributed by atoms with E-state index in [9.17, 15) is 4.79 Å². The molecule has 1 aliphatic rings. The Bertz CT molecular complexity index is 942. The van der Waals surface area contributed by atoms with Gasteiger partial charge in [0.1, 0.15) is 0 Å². The molecule has 3 atom stereocenters. The van der Waals surface area contributed by atoms with Crippen LogP contribution in [0.3, 0.4) is 0 Å². The summed E-state index contributed by atoms with van der Waals surface area (Å²) in [6.45, 7) is 4.12. The van der Waals surface area contributed by atoms with Crippen LogP contribution in [0.15, 0.2) is 46.3 Å². The van der Waals surface area contributed by atoms with Crippen molar-refractivity contribution in [3.63, 3.8) is 0 Å². The number of rotatable bonds is 6. The Labute approximate surface area is 180 Å². The number of likely N-dealkylation sites (N-methyl/N-ethyl adjacent to an activating group) is 1. The average molecular weight is 433 g/mol. The van der Waals surface area contributed by atoms with Crippen molar-refractivity contribution in [3.8, 4) is 0 Å². The third-order valence-electron chi connectivity index (χ3n) is 5.25. The van der Waals surface area contributed by atoms with Gasteiger partial charge in [-0.1, -0.05) is 28.9 Å². The lowest BCUT2D eigenvalue weighted by molar-refractivity contribution is -0.117. The summed E-state index contributed by atoms with van der Waals surface area (Å²) in [6.07, 6.45) is 1.05. The van der Waals surface area contributed by atoms with Gasteiger partial charge >= 0.3 is 0 Å². The van der Waals surface area contributed by atoms with Gasteiger partial charge in [-0.15, -0.1) is 23.7 Å². The van der Waals surface area contributed by atoms with Crippen LogP contribution in [0.25, 0.3) is 0 Å². The Balaban J connectivity index is 0.00000240. The highest BCUT2D eigenvalue weighted by molar-refractivity contribution is 7.10. The van der Waals surface area contributed by atoms with E-state index < -0.39 is 0 Å². The molecule has 2 aromatic heterocycles. The predicted molar refractivity (Wildman–Crippen MR) is 117 cm³/mol. The maximum atomic E-state index is 13.0. The minimum Gasteiger partial charge on any atom is -0.339 e. The minimum absolute atomic E-state index is 0. The van der Waals surface area contributed by atoms with Gasteiger partial charge in [0.05, 0.1) is 12.0 Å². The molecule has 8 heteroatoms. The molecule has 0 bridgehead atoms. The van der Waals surface area contributed by atoms with Crippen molar-refractivity contribution in [3.05, 3.63) is 63.9 Å². The fourth-order valence-corrected chi connectivity index (χ4v) is 4.51. The average Bonchev–Trinajstić information content (AvgIpc) is 3.42. The van der Waals surface area contributed by atoms with E-state index in [1.807, 2.05) is 54.6 Å². The molecule has 0 aliphatic carbocycles. The van der Waals surface area contributed by atoms with Gasteiger partial charge in [-0.3, -0.25) is 4.79 Å². The highest BCUT2D eigenvalue weighted by atomic mass is 35.5. The van der Waals surface area contributed by atoms with Crippen molar-refractivity contribution >= 4 is 35.3 Å². The minimum atomic E-state index is -0.154. The molecule has 1 saturated heterocycles. The van der Waals surface area contributed by atoms with Gasteiger partial charge in [-0.25, -0.2) is 0 Å². The first kappa shape index (κ1) is 21.5. The van der Waals surface area contributed by atoms with Crippen molar-refractivity contribution in [2.45, 2.75) is 44.7 Å². The molecule has 1 aromatic carbocycles. The van der Waals surface area contributed by atoms with Crippen LogP contribution in [0.5, 0.6) is 0 Å². The number of hydrogen-bond acceptors (Lipinski definition) is 6. The van der Waals surface area contributed by atoms with Crippen LogP contribution in [-0.4, -0.2) is 29.1 Å². The number of thiophene rings is 1. The Hall–Kier alpha value is -2.22. The first-order valence-corrected chi connectivity index (χ1v) is 10.4. The smallest absolute Gasteiger partial charge is 0.232 e. The van der Waals surface area contributed by atoms with Crippen LogP contribution in [0.2, 0.25) is 0 Å². The molecule has 3 heterocycles. The summed E-state index contributed by atoms with van der Waals surface area (Å²) in [5.74, 6) is 1.14. The fourth-order valence-electron chi connectivity index (χ4n) is 3.63. The summed E-state index contributed by atoms with van der Waals surface area (Å²) in [7, 11) is 1.91. The molecule has 0 spiro atoms. The van der Waals surface area contributed by atoms with Crippen molar-refractivity contribution < 1.29 is 9.32 Å². The highest BCUT2D eigenvalue weighted by Gasteiger charge is 2.45. The van der Waals surface area contributed by atoms with Crippen molar-refractivity contribution in [1.29, 1.82) is 0 Å². The molecule has 3 unspecified atom stereocenters. The third-order valence-corrected chi connectivity index (χ3v) is 6.19. The normalized spacial score (nSPS) is 20.0. The van der Waals surface area contributed by atoms with Crippen LogP contribution in [-0.2, 0) is 11.2 Å². The molecule has 0 saturated carbocycles. The molecular weight excluding hydrogens is 408 g/mol. The molecule has 29 heavy (non-hydrogen) atoms. The number of amides is 1. The number of anilines is 1. The van der Waals surface area contributed by atoms with Crippen molar-refractivity contribution in [2.75, 3.05) is 11.9 Å². The Morgan fingerprint density at radius 1 is 1.31 bits per heavy atom. The zero-order valence-corrected chi connectivity index (χ0v) is 18.3. The lowest BCUT2D eigenvalue weighted by Crippen LogP contribution is -2.28. The molecular formula is C21H25ClN4O2S. The van der Waals surface area contributed by atoms with Gasteiger partial charge in [-0.05, 0) is 44.5 Å². The highest BCUT2D eigenvalue weighted by Crippen LogP contribution is 2.47. The van der Waals surface area contributed by atoms with Crippen molar-refractivity contribution in [2.24, 2.45) is 0 Å². The van der Waals surface area contributed by atoms with E-state index in [1.165, 1.54) is 5.56 Å². The molecule has 0 radical (unpaired) electrons. The van der Waals surface area contributed by atoms with Crippen LogP contribution >= 0.6 is 23.7 Å². The summed E-state index contributed by atoms with van der Waals surface area (Å²) in [5.41, 5.74) is 2.07. The monoisotopic (exact) mass is 432 g/mol. The molecule has 1 aliphatic heterocycles. The zero-order valence-electron chi connectivity index (χ0n) is 16.7. The molecule has 1 fully saturated rings. The molecule has 154 valence electrons. The van der Waals surface area contributed by atoms with E-state index in [4.69, 9.17) is 4.52 Å². The first-order chi connectivity index (χ1) is 13.6. The second-order valence-corrected chi connectivity index (χ2v) is 8.29. The molecule has 6 nitrogen and oxygen atoms in total. The van der Waals surface area contributed by atoms with Gasteiger partial charge in [0, 0.05) is 29.4 Å². The number of aryl methyl sites for hydroxylation is 1. The van der Waals surface area contributed by atoms with Gasteiger partial charge < -0.3 is 14.7 Å². The lowest BCUT2D eigenvalue weighted by Gasteiger charge is -2.26.